The minimum Gasteiger partial charge on any atom is -0.493 e. The summed E-state index contributed by atoms with van der Waals surface area (Å²) in [6, 6.07) is 22.4. The molecule has 0 saturated heterocycles. The zero-order valence-electron chi connectivity index (χ0n) is 22.7. The van der Waals surface area contributed by atoms with Crippen molar-refractivity contribution in [2.75, 3.05) is 18.2 Å². The fourth-order valence-corrected chi connectivity index (χ4v) is 6.44. The molecule has 0 spiro atoms. The van der Waals surface area contributed by atoms with Gasteiger partial charge in [-0.25, -0.2) is 0 Å². The Labute approximate surface area is 258 Å². The fraction of sp³-hybridized carbons (Fsp3) is 0.219. The lowest BCUT2D eigenvalue weighted by Crippen LogP contribution is -2.31. The molecule has 0 saturated carbocycles. The number of thioether (sulfide) groups is 1. The molecule has 1 heterocycles. The second-order valence-electron chi connectivity index (χ2n) is 9.76. The van der Waals surface area contributed by atoms with Gasteiger partial charge in [-0.2, -0.15) is 5.26 Å². The van der Waals surface area contributed by atoms with Crippen LogP contribution in [0, 0.1) is 11.3 Å². The van der Waals surface area contributed by atoms with Crippen LogP contribution in [-0.4, -0.2) is 24.6 Å². The first-order valence-corrected chi connectivity index (χ1v) is 15.0. The second-order valence-corrected chi connectivity index (χ2v) is 11.6. The fourth-order valence-electron chi connectivity index (χ4n) is 5.05. The van der Waals surface area contributed by atoms with Crippen molar-refractivity contribution in [1.29, 1.82) is 5.26 Å². The van der Waals surface area contributed by atoms with E-state index < -0.39 is 5.92 Å². The van der Waals surface area contributed by atoms with Crippen molar-refractivity contribution in [3.8, 4) is 17.6 Å². The van der Waals surface area contributed by atoms with E-state index in [0.717, 1.165) is 16.8 Å². The number of benzene rings is 3. The first-order chi connectivity index (χ1) is 20.4. The Bertz CT molecular complexity index is 1610. The number of carbonyl (C=O) groups is 2. The molecule has 3 aromatic carbocycles. The van der Waals surface area contributed by atoms with Crippen LogP contribution in [0.3, 0.4) is 0 Å². The summed E-state index contributed by atoms with van der Waals surface area (Å²) >= 11 is 13.3. The number of dihydropyridines is 1. The van der Waals surface area contributed by atoms with Gasteiger partial charge in [-0.3, -0.25) is 9.59 Å². The zero-order valence-corrected chi connectivity index (χ0v) is 25.0. The number of carbonyl (C=O) groups excluding carboxylic acids is 2. The molecule has 10 heteroatoms. The van der Waals surface area contributed by atoms with E-state index in [4.69, 9.17) is 32.7 Å². The molecule has 1 aliphatic heterocycles. The summed E-state index contributed by atoms with van der Waals surface area (Å²) < 4.78 is 11.7. The van der Waals surface area contributed by atoms with Gasteiger partial charge in [0.1, 0.15) is 6.61 Å². The molecule has 1 amide bonds. The highest BCUT2D eigenvalue weighted by atomic mass is 35.5. The zero-order chi connectivity index (χ0) is 29.6. The lowest BCUT2D eigenvalue weighted by atomic mass is 9.77. The Balaban J connectivity index is 1.42. The molecule has 2 aliphatic rings. The largest absolute Gasteiger partial charge is 0.493 e. The van der Waals surface area contributed by atoms with E-state index in [1.54, 1.807) is 31.4 Å². The van der Waals surface area contributed by atoms with Crippen molar-refractivity contribution < 1.29 is 19.1 Å². The highest BCUT2D eigenvalue weighted by Gasteiger charge is 2.37. The van der Waals surface area contributed by atoms with Crippen molar-refractivity contribution in [3.05, 3.63) is 110 Å². The Hall–Kier alpha value is -3.90. The quantitative estimate of drug-likeness (QED) is 0.258. The number of amides is 1. The molecule has 3 aromatic rings. The lowest BCUT2D eigenvalue weighted by Gasteiger charge is -2.33. The highest BCUT2D eigenvalue weighted by molar-refractivity contribution is 8.03. The van der Waals surface area contributed by atoms with Gasteiger partial charge in [0.25, 0.3) is 0 Å². The van der Waals surface area contributed by atoms with Crippen molar-refractivity contribution in [1.82, 2.24) is 5.32 Å². The molecule has 0 aromatic heterocycles. The van der Waals surface area contributed by atoms with E-state index in [9.17, 15) is 14.9 Å². The van der Waals surface area contributed by atoms with Crippen LogP contribution in [0.15, 0.2) is 88.6 Å². The summed E-state index contributed by atoms with van der Waals surface area (Å²) in [5, 5.41) is 17.8. The number of rotatable bonds is 9. The van der Waals surface area contributed by atoms with Crippen LogP contribution in [0.25, 0.3) is 0 Å². The molecular formula is C32H27Cl2N3O4S. The van der Waals surface area contributed by atoms with Gasteiger partial charge in [0.05, 0.1) is 35.5 Å². The van der Waals surface area contributed by atoms with Crippen molar-refractivity contribution in [2.24, 2.45) is 0 Å². The summed E-state index contributed by atoms with van der Waals surface area (Å²) in [6.07, 6.45) is 1.80. The van der Waals surface area contributed by atoms with Gasteiger partial charge in [-0.1, -0.05) is 71.4 Å². The number of anilines is 1. The number of hydrogen-bond donors (Lipinski definition) is 2. The number of hydrogen-bond acceptors (Lipinski definition) is 7. The van der Waals surface area contributed by atoms with E-state index >= 15 is 0 Å². The standard InChI is InChI=1S/C32H27Cl2N3O4S/c1-40-28-12-20(10-11-27(28)41-17-19-6-3-2-4-7-19)30-24(16-35)32(37-25-8-5-9-26(38)31(25)30)42-18-29(39)36-23-14-21(33)13-22(34)15-23/h2-4,6-7,10-15,30,37H,5,8-9,17-18H2,1H3,(H,36,39)/t30-/m1/s1. The van der Waals surface area contributed by atoms with Crippen LogP contribution in [0.5, 0.6) is 11.5 Å². The molecule has 214 valence electrons. The number of Topliss-reactive ketones (excluding diaryl/α,β-unsaturated/α-hetero) is 1. The van der Waals surface area contributed by atoms with Crippen molar-refractivity contribution in [3.63, 3.8) is 0 Å². The van der Waals surface area contributed by atoms with Crippen molar-refractivity contribution in [2.45, 2.75) is 31.8 Å². The van der Waals surface area contributed by atoms with E-state index in [1.165, 1.54) is 11.8 Å². The number of allylic oxidation sites excluding steroid dienone is 3. The predicted octanol–water partition coefficient (Wildman–Crippen LogP) is 7.38. The molecule has 0 unspecified atom stereocenters. The van der Waals surface area contributed by atoms with E-state index in [2.05, 4.69) is 16.7 Å². The molecule has 5 rings (SSSR count). The van der Waals surface area contributed by atoms with Crippen LogP contribution in [0.4, 0.5) is 5.69 Å². The van der Waals surface area contributed by atoms with Gasteiger partial charge in [-0.15, -0.1) is 0 Å². The first-order valence-electron chi connectivity index (χ1n) is 13.3. The number of ether oxygens (including phenoxy) is 2. The maximum absolute atomic E-state index is 13.2. The summed E-state index contributed by atoms with van der Waals surface area (Å²) in [5.74, 6) is 0.188. The minimum atomic E-state index is -0.603. The Morgan fingerprint density at radius 1 is 1.07 bits per heavy atom. The van der Waals surface area contributed by atoms with Crippen LogP contribution < -0.4 is 20.1 Å². The Morgan fingerprint density at radius 3 is 2.55 bits per heavy atom. The average Bonchev–Trinajstić information content (AvgIpc) is 2.98. The molecule has 42 heavy (non-hydrogen) atoms. The topological polar surface area (TPSA) is 100 Å². The number of ketones is 1. The number of halogens is 2. The first kappa shape index (κ1) is 29.6. The van der Waals surface area contributed by atoms with Gasteiger partial charge < -0.3 is 20.1 Å². The Kier molecular flexibility index (Phi) is 9.43. The number of nitrogens with one attached hydrogen (secondary N) is 2. The molecule has 0 bridgehead atoms. The summed E-state index contributed by atoms with van der Waals surface area (Å²) in [6.45, 7) is 0.366. The summed E-state index contributed by atoms with van der Waals surface area (Å²) in [7, 11) is 1.56. The second kappa shape index (κ2) is 13.4. The third-order valence-corrected chi connectivity index (χ3v) is 8.37. The molecule has 0 radical (unpaired) electrons. The van der Waals surface area contributed by atoms with Gasteiger partial charge >= 0.3 is 0 Å². The van der Waals surface area contributed by atoms with Crippen LogP contribution in [-0.2, 0) is 16.2 Å². The summed E-state index contributed by atoms with van der Waals surface area (Å²) in [4.78, 5) is 26.0. The average molecular weight is 621 g/mol. The molecule has 1 atom stereocenters. The maximum atomic E-state index is 13.2. The number of nitrogens with zero attached hydrogens (tertiary/aromatic N) is 1. The minimum absolute atomic E-state index is 0.00417. The lowest BCUT2D eigenvalue weighted by molar-refractivity contribution is -0.116. The predicted molar refractivity (Wildman–Crippen MR) is 166 cm³/mol. The van der Waals surface area contributed by atoms with Crippen LogP contribution in [0.1, 0.15) is 36.3 Å². The van der Waals surface area contributed by atoms with Gasteiger partial charge in [0.15, 0.2) is 17.3 Å². The highest BCUT2D eigenvalue weighted by Crippen LogP contribution is 2.45. The smallest absolute Gasteiger partial charge is 0.234 e. The Morgan fingerprint density at radius 2 is 1.83 bits per heavy atom. The van der Waals surface area contributed by atoms with Crippen LogP contribution in [0.2, 0.25) is 10.0 Å². The SMILES string of the molecule is COc1cc([C@@H]2C(C#N)=C(SCC(=O)Nc3cc(Cl)cc(Cl)c3)NC3=C2C(=O)CCC3)ccc1OCc1ccccc1. The van der Waals surface area contributed by atoms with Gasteiger partial charge in [0.2, 0.25) is 5.91 Å². The molecule has 0 fully saturated rings. The van der Waals surface area contributed by atoms with E-state index in [0.29, 0.717) is 69.3 Å². The third kappa shape index (κ3) is 6.76. The molecular weight excluding hydrogens is 593 g/mol. The molecule has 1 aliphatic carbocycles. The monoisotopic (exact) mass is 619 g/mol. The van der Waals surface area contributed by atoms with Gasteiger partial charge in [0, 0.05) is 33.4 Å². The van der Waals surface area contributed by atoms with Gasteiger partial charge in [-0.05, 0) is 54.3 Å². The van der Waals surface area contributed by atoms with E-state index in [1.807, 2.05) is 42.5 Å². The maximum Gasteiger partial charge on any atom is 0.234 e. The van der Waals surface area contributed by atoms with Crippen LogP contribution >= 0.6 is 35.0 Å². The van der Waals surface area contributed by atoms with Crippen molar-refractivity contribution >= 4 is 52.3 Å². The normalized spacial score (nSPS) is 16.3. The number of methoxy groups -OCH3 is 1. The molecule has 7 nitrogen and oxygen atoms in total. The number of nitriles is 1. The molecule has 2 N–H and O–H groups in total. The van der Waals surface area contributed by atoms with E-state index in [-0.39, 0.29) is 17.4 Å². The summed E-state index contributed by atoms with van der Waals surface area (Å²) in [5.41, 5.74) is 3.96. The third-order valence-electron chi connectivity index (χ3n) is 6.92.